The van der Waals surface area contributed by atoms with Crippen LogP contribution in [0.4, 0.5) is 10.7 Å². The van der Waals surface area contributed by atoms with Crippen LogP contribution in [0.2, 0.25) is 0 Å². The van der Waals surface area contributed by atoms with Crippen molar-refractivity contribution in [1.82, 2.24) is 25.1 Å². The molecule has 0 unspecified atom stereocenters. The van der Waals surface area contributed by atoms with Crippen LogP contribution >= 0.6 is 0 Å². The Balaban J connectivity index is 1.40. The third-order valence-corrected chi connectivity index (χ3v) is 5.51. The minimum absolute atomic E-state index is 0.0940. The molecule has 0 radical (unpaired) electrons. The molecule has 2 atom stereocenters. The molecule has 1 saturated carbocycles. The standard InChI is InChI=1S/C17H20N6O2/c24-17-22(12-6-4-5-7-12)14-10-21(11-15(14)25-17)16-18-19-20-23(16)13-8-2-1-3-9-13/h1-3,8-9,12,14-15H,4-7,10-11H2/t14-,15+/m0/s1. The predicted molar refractivity (Wildman–Crippen MR) is 89.5 cm³/mol. The van der Waals surface area contributed by atoms with Crippen molar-refractivity contribution < 1.29 is 9.53 Å². The summed E-state index contributed by atoms with van der Waals surface area (Å²) in [7, 11) is 0. The molecule has 25 heavy (non-hydrogen) atoms. The molecule has 3 fully saturated rings. The summed E-state index contributed by atoms with van der Waals surface area (Å²) in [5.41, 5.74) is 0.921. The first-order chi connectivity index (χ1) is 12.3. The summed E-state index contributed by atoms with van der Waals surface area (Å²) in [5.74, 6) is 0.697. The highest BCUT2D eigenvalue weighted by Crippen LogP contribution is 2.35. The fraction of sp³-hybridized carbons (Fsp3) is 0.529. The molecule has 8 heteroatoms. The number of benzene rings is 1. The van der Waals surface area contributed by atoms with Crippen molar-refractivity contribution in [1.29, 1.82) is 0 Å². The van der Waals surface area contributed by atoms with E-state index in [1.807, 2.05) is 35.2 Å². The molecule has 5 rings (SSSR count). The molecular formula is C17H20N6O2. The summed E-state index contributed by atoms with van der Waals surface area (Å²) < 4.78 is 7.39. The second kappa shape index (κ2) is 5.72. The topological polar surface area (TPSA) is 76.4 Å². The Hall–Kier alpha value is -2.64. The van der Waals surface area contributed by atoms with E-state index < -0.39 is 0 Å². The smallest absolute Gasteiger partial charge is 0.410 e. The van der Waals surface area contributed by atoms with Crippen molar-refractivity contribution in [3.8, 4) is 5.69 Å². The molecule has 3 heterocycles. The molecule has 8 nitrogen and oxygen atoms in total. The lowest BCUT2D eigenvalue weighted by atomic mass is 10.1. The number of anilines is 1. The monoisotopic (exact) mass is 340 g/mol. The lowest BCUT2D eigenvalue weighted by molar-refractivity contribution is 0.129. The van der Waals surface area contributed by atoms with Gasteiger partial charge < -0.3 is 9.64 Å². The normalized spacial score (nSPS) is 26.3. The zero-order valence-electron chi connectivity index (χ0n) is 13.9. The largest absolute Gasteiger partial charge is 0.442 e. The second-order valence-corrected chi connectivity index (χ2v) is 6.97. The second-order valence-electron chi connectivity index (χ2n) is 6.97. The van der Waals surface area contributed by atoms with E-state index in [1.165, 1.54) is 12.8 Å². The van der Waals surface area contributed by atoms with Crippen LogP contribution in [0.3, 0.4) is 0 Å². The quantitative estimate of drug-likeness (QED) is 0.845. The van der Waals surface area contributed by atoms with E-state index in [4.69, 9.17) is 4.74 Å². The van der Waals surface area contributed by atoms with E-state index in [-0.39, 0.29) is 18.2 Å². The molecule has 2 aromatic rings. The van der Waals surface area contributed by atoms with Gasteiger partial charge in [0.15, 0.2) is 0 Å². The first-order valence-electron chi connectivity index (χ1n) is 8.89. The van der Waals surface area contributed by atoms with Crippen molar-refractivity contribution in [3.05, 3.63) is 30.3 Å². The van der Waals surface area contributed by atoms with Crippen molar-refractivity contribution in [2.75, 3.05) is 18.0 Å². The first-order valence-corrected chi connectivity index (χ1v) is 8.89. The maximum absolute atomic E-state index is 12.3. The van der Waals surface area contributed by atoms with Gasteiger partial charge in [0.05, 0.1) is 18.3 Å². The van der Waals surface area contributed by atoms with Crippen molar-refractivity contribution >= 4 is 12.0 Å². The molecule has 3 aliphatic rings. The Bertz CT molecular complexity index is 772. The summed E-state index contributed by atoms with van der Waals surface area (Å²) in [6, 6.07) is 10.3. The van der Waals surface area contributed by atoms with Crippen LogP contribution in [0.25, 0.3) is 5.69 Å². The van der Waals surface area contributed by atoms with Gasteiger partial charge in [-0.15, -0.1) is 0 Å². The number of rotatable bonds is 3. The van der Waals surface area contributed by atoms with Gasteiger partial charge in [0.1, 0.15) is 6.10 Å². The van der Waals surface area contributed by atoms with Crippen molar-refractivity contribution in [3.63, 3.8) is 0 Å². The number of nitrogens with zero attached hydrogens (tertiary/aromatic N) is 6. The zero-order chi connectivity index (χ0) is 16.8. The Kier molecular flexibility index (Phi) is 3.36. The Morgan fingerprint density at radius 1 is 1.08 bits per heavy atom. The van der Waals surface area contributed by atoms with Gasteiger partial charge >= 0.3 is 6.09 Å². The molecular weight excluding hydrogens is 320 g/mol. The fourth-order valence-electron chi connectivity index (χ4n) is 4.35. The molecule has 1 aromatic heterocycles. The number of hydrogen-bond donors (Lipinski definition) is 0. The van der Waals surface area contributed by atoms with Gasteiger partial charge in [-0.1, -0.05) is 36.1 Å². The van der Waals surface area contributed by atoms with Crippen LogP contribution in [0, 0.1) is 0 Å². The van der Waals surface area contributed by atoms with Crippen molar-refractivity contribution in [2.45, 2.75) is 43.9 Å². The maximum Gasteiger partial charge on any atom is 0.410 e. The average molecular weight is 340 g/mol. The SMILES string of the molecule is O=C1O[C@@H]2CN(c3nnnn3-c3ccccc3)C[C@@H]2N1C1CCCC1. The number of aromatic nitrogens is 4. The molecule has 1 amide bonds. The number of amides is 1. The third kappa shape index (κ3) is 2.35. The van der Waals surface area contributed by atoms with Gasteiger partial charge in [0.2, 0.25) is 0 Å². The van der Waals surface area contributed by atoms with E-state index >= 15 is 0 Å². The van der Waals surface area contributed by atoms with Gasteiger partial charge in [-0.05, 0) is 35.4 Å². The summed E-state index contributed by atoms with van der Waals surface area (Å²) >= 11 is 0. The Morgan fingerprint density at radius 3 is 2.68 bits per heavy atom. The average Bonchev–Trinajstić information content (AvgIpc) is 3.39. The molecule has 2 saturated heterocycles. The number of carbonyl (C=O) groups is 1. The molecule has 0 spiro atoms. The highest BCUT2D eigenvalue weighted by Gasteiger charge is 2.51. The van der Waals surface area contributed by atoms with E-state index in [0.717, 1.165) is 18.5 Å². The molecule has 0 N–H and O–H groups in total. The van der Waals surface area contributed by atoms with Gasteiger partial charge in [0.25, 0.3) is 5.95 Å². The number of hydrogen-bond acceptors (Lipinski definition) is 6. The number of fused-ring (bicyclic) bond motifs is 1. The molecule has 2 aliphatic heterocycles. The van der Waals surface area contributed by atoms with E-state index in [0.29, 0.717) is 25.1 Å². The summed E-state index contributed by atoms with van der Waals surface area (Å²) in [5, 5.41) is 12.2. The number of tetrazole rings is 1. The highest BCUT2D eigenvalue weighted by molar-refractivity contribution is 5.72. The van der Waals surface area contributed by atoms with Crippen LogP contribution in [0.5, 0.6) is 0 Å². The number of carbonyl (C=O) groups excluding carboxylic acids is 1. The van der Waals surface area contributed by atoms with E-state index in [1.54, 1.807) is 4.68 Å². The molecule has 0 bridgehead atoms. The zero-order valence-corrected chi connectivity index (χ0v) is 13.9. The lowest BCUT2D eigenvalue weighted by Crippen LogP contribution is -2.44. The van der Waals surface area contributed by atoms with Crippen LogP contribution in [-0.2, 0) is 4.74 Å². The third-order valence-electron chi connectivity index (χ3n) is 5.51. The van der Waals surface area contributed by atoms with Crippen LogP contribution in [-0.4, -0.2) is 62.5 Å². The molecule has 130 valence electrons. The molecule has 1 aliphatic carbocycles. The summed E-state index contributed by atoms with van der Waals surface area (Å²) in [6.45, 7) is 1.34. The van der Waals surface area contributed by atoms with Crippen LogP contribution < -0.4 is 4.90 Å². The van der Waals surface area contributed by atoms with Crippen LogP contribution in [0.15, 0.2) is 30.3 Å². The van der Waals surface area contributed by atoms with Crippen molar-refractivity contribution in [2.24, 2.45) is 0 Å². The van der Waals surface area contributed by atoms with E-state index in [9.17, 15) is 4.79 Å². The van der Waals surface area contributed by atoms with E-state index in [2.05, 4.69) is 20.4 Å². The fourth-order valence-corrected chi connectivity index (χ4v) is 4.35. The number of ether oxygens (including phenoxy) is 1. The van der Waals surface area contributed by atoms with Gasteiger partial charge in [-0.3, -0.25) is 4.90 Å². The lowest BCUT2D eigenvalue weighted by Gasteiger charge is -2.27. The van der Waals surface area contributed by atoms with Gasteiger partial charge in [-0.2, -0.15) is 4.68 Å². The first kappa shape index (κ1) is 14.7. The van der Waals surface area contributed by atoms with Gasteiger partial charge in [-0.25, -0.2) is 4.79 Å². The maximum atomic E-state index is 12.3. The van der Waals surface area contributed by atoms with Crippen LogP contribution in [0.1, 0.15) is 25.7 Å². The Labute approximate surface area is 145 Å². The summed E-state index contributed by atoms with van der Waals surface area (Å²) in [4.78, 5) is 16.4. The minimum Gasteiger partial charge on any atom is -0.442 e. The predicted octanol–water partition coefficient (Wildman–Crippen LogP) is 1.61. The Morgan fingerprint density at radius 2 is 1.88 bits per heavy atom. The molecule has 1 aromatic carbocycles. The minimum atomic E-state index is -0.149. The summed E-state index contributed by atoms with van der Waals surface area (Å²) in [6.07, 6.45) is 4.31. The highest BCUT2D eigenvalue weighted by atomic mass is 16.6. The van der Waals surface area contributed by atoms with Gasteiger partial charge in [0, 0.05) is 12.6 Å². The number of para-hydroxylation sites is 1.